The number of carbonyl (C=O) groups excluding carboxylic acids is 2. The number of carbonyl (C=O) groups is 2. The molecular weight excluding hydrogens is 422 g/mol. The Morgan fingerprint density at radius 1 is 1.20 bits per heavy atom. The number of thiophene rings is 1. The van der Waals surface area contributed by atoms with E-state index in [4.69, 9.17) is 4.74 Å². The van der Waals surface area contributed by atoms with E-state index in [1.165, 1.54) is 23.1 Å². The Bertz CT molecular complexity index is 1120. The summed E-state index contributed by atoms with van der Waals surface area (Å²) < 4.78 is 6.87. The molecular formula is C20H25N5O3S2. The summed E-state index contributed by atoms with van der Waals surface area (Å²) in [5, 5.41) is 8.54. The van der Waals surface area contributed by atoms with E-state index in [1.807, 2.05) is 34.0 Å². The van der Waals surface area contributed by atoms with Crippen molar-refractivity contribution in [2.24, 2.45) is 0 Å². The molecule has 1 amide bonds. The van der Waals surface area contributed by atoms with Gasteiger partial charge in [-0.3, -0.25) is 4.79 Å². The number of esters is 1. The van der Waals surface area contributed by atoms with Gasteiger partial charge in [-0.1, -0.05) is 11.8 Å². The van der Waals surface area contributed by atoms with E-state index >= 15 is 0 Å². The number of anilines is 1. The van der Waals surface area contributed by atoms with Crippen LogP contribution in [0.5, 0.6) is 0 Å². The number of thioether (sulfide) groups is 1. The molecule has 0 aromatic carbocycles. The average molecular weight is 448 g/mol. The van der Waals surface area contributed by atoms with Crippen LogP contribution in [0, 0.1) is 27.7 Å². The standard InChI is InChI=1S/C20H25N5O3S2/c1-7-28-18(27)16-10(2)13(5)30-17(16)22-15(26)9-8-14-11(3)21-19-23-20(29-6)24-25(19)12(14)4/h7-9H2,1-6H3,(H,22,26). The molecule has 0 saturated heterocycles. The minimum Gasteiger partial charge on any atom is -0.462 e. The Balaban J connectivity index is 1.77. The Kier molecular flexibility index (Phi) is 6.77. The van der Waals surface area contributed by atoms with E-state index < -0.39 is 5.97 Å². The minimum atomic E-state index is -0.410. The molecule has 160 valence electrons. The molecule has 0 saturated carbocycles. The van der Waals surface area contributed by atoms with E-state index in [1.54, 1.807) is 11.4 Å². The highest BCUT2D eigenvalue weighted by atomic mass is 32.2. The highest BCUT2D eigenvalue weighted by Gasteiger charge is 2.22. The average Bonchev–Trinajstić information content (AvgIpc) is 3.22. The molecule has 0 spiro atoms. The zero-order chi connectivity index (χ0) is 22.0. The van der Waals surface area contributed by atoms with Crippen LogP contribution in [-0.4, -0.2) is 44.3 Å². The fourth-order valence-electron chi connectivity index (χ4n) is 3.23. The molecule has 3 aromatic heterocycles. The van der Waals surface area contributed by atoms with Crippen LogP contribution < -0.4 is 5.32 Å². The van der Waals surface area contributed by atoms with Crippen LogP contribution >= 0.6 is 23.1 Å². The van der Waals surface area contributed by atoms with Crippen molar-refractivity contribution in [2.75, 3.05) is 18.2 Å². The second kappa shape index (κ2) is 9.13. The third-order valence-corrected chi connectivity index (χ3v) is 6.59. The second-order valence-corrected chi connectivity index (χ2v) is 8.83. The van der Waals surface area contributed by atoms with Gasteiger partial charge in [0.25, 0.3) is 5.78 Å². The number of amides is 1. The van der Waals surface area contributed by atoms with Gasteiger partial charge in [-0.05, 0) is 58.4 Å². The van der Waals surface area contributed by atoms with Crippen molar-refractivity contribution in [3.05, 3.63) is 33.0 Å². The van der Waals surface area contributed by atoms with Crippen molar-refractivity contribution < 1.29 is 14.3 Å². The maximum atomic E-state index is 12.7. The maximum Gasteiger partial charge on any atom is 0.341 e. The van der Waals surface area contributed by atoms with Gasteiger partial charge in [0.1, 0.15) is 5.00 Å². The molecule has 10 heteroatoms. The number of aromatic nitrogens is 4. The lowest BCUT2D eigenvalue weighted by Gasteiger charge is -2.11. The van der Waals surface area contributed by atoms with Crippen molar-refractivity contribution in [1.29, 1.82) is 0 Å². The lowest BCUT2D eigenvalue weighted by Crippen LogP contribution is -2.16. The molecule has 0 atom stereocenters. The molecule has 3 rings (SSSR count). The topological polar surface area (TPSA) is 98.5 Å². The summed E-state index contributed by atoms with van der Waals surface area (Å²) in [4.78, 5) is 34.9. The highest BCUT2D eigenvalue weighted by Crippen LogP contribution is 2.33. The minimum absolute atomic E-state index is 0.163. The van der Waals surface area contributed by atoms with Gasteiger partial charge < -0.3 is 10.1 Å². The van der Waals surface area contributed by atoms with Crippen molar-refractivity contribution >= 4 is 45.8 Å². The number of nitrogens with zero attached hydrogens (tertiary/aromatic N) is 4. The zero-order valence-electron chi connectivity index (χ0n) is 18.0. The predicted octanol–water partition coefficient (Wildman–Crippen LogP) is 3.89. The molecule has 8 nitrogen and oxygen atoms in total. The third kappa shape index (κ3) is 4.34. The number of ether oxygens (including phenoxy) is 1. The first-order chi connectivity index (χ1) is 14.3. The van der Waals surface area contributed by atoms with Crippen LogP contribution in [0.3, 0.4) is 0 Å². The molecule has 0 bridgehead atoms. The molecule has 1 N–H and O–H groups in total. The summed E-state index contributed by atoms with van der Waals surface area (Å²) >= 11 is 2.85. The Labute approximate surface area is 183 Å². The van der Waals surface area contributed by atoms with Gasteiger partial charge >= 0.3 is 5.97 Å². The monoisotopic (exact) mass is 447 g/mol. The van der Waals surface area contributed by atoms with Crippen LogP contribution in [0.25, 0.3) is 5.78 Å². The predicted molar refractivity (Wildman–Crippen MR) is 119 cm³/mol. The fourth-order valence-corrected chi connectivity index (χ4v) is 4.63. The first kappa shape index (κ1) is 22.2. The maximum absolute atomic E-state index is 12.7. The lowest BCUT2D eigenvalue weighted by atomic mass is 10.1. The molecule has 0 aliphatic rings. The van der Waals surface area contributed by atoms with Gasteiger partial charge in [-0.25, -0.2) is 14.3 Å². The molecule has 30 heavy (non-hydrogen) atoms. The van der Waals surface area contributed by atoms with E-state index in [9.17, 15) is 9.59 Å². The van der Waals surface area contributed by atoms with E-state index in [2.05, 4.69) is 20.4 Å². The quantitative estimate of drug-likeness (QED) is 0.433. The van der Waals surface area contributed by atoms with Crippen molar-refractivity contribution in [1.82, 2.24) is 19.6 Å². The number of hydrogen-bond acceptors (Lipinski definition) is 8. The Morgan fingerprint density at radius 3 is 2.60 bits per heavy atom. The number of aryl methyl sites for hydroxylation is 3. The van der Waals surface area contributed by atoms with Crippen LogP contribution in [0.15, 0.2) is 5.16 Å². The molecule has 0 aliphatic heterocycles. The summed E-state index contributed by atoms with van der Waals surface area (Å²) in [5.41, 5.74) is 4.01. The molecule has 3 aromatic rings. The van der Waals surface area contributed by atoms with Gasteiger partial charge in [0.2, 0.25) is 11.1 Å². The highest BCUT2D eigenvalue weighted by molar-refractivity contribution is 7.98. The summed E-state index contributed by atoms with van der Waals surface area (Å²) in [7, 11) is 0. The van der Waals surface area contributed by atoms with Crippen LogP contribution in [0.4, 0.5) is 5.00 Å². The van der Waals surface area contributed by atoms with Crippen LogP contribution in [0.2, 0.25) is 0 Å². The summed E-state index contributed by atoms with van der Waals surface area (Å²) in [6.45, 7) is 9.71. The van der Waals surface area contributed by atoms with Gasteiger partial charge in [0, 0.05) is 22.7 Å². The number of fused-ring (bicyclic) bond motifs is 1. The molecule has 0 aliphatic carbocycles. The lowest BCUT2D eigenvalue weighted by molar-refractivity contribution is -0.116. The van der Waals surface area contributed by atoms with Gasteiger partial charge in [-0.2, -0.15) is 4.98 Å². The van der Waals surface area contributed by atoms with E-state index in [0.29, 0.717) is 27.9 Å². The SMILES string of the molecule is CCOC(=O)c1c(NC(=O)CCc2c(C)nc3nc(SC)nn3c2C)sc(C)c1C. The normalized spacial score (nSPS) is 11.1. The zero-order valence-corrected chi connectivity index (χ0v) is 19.6. The molecule has 0 fully saturated rings. The molecule has 0 unspecified atom stereocenters. The van der Waals surface area contributed by atoms with Crippen LogP contribution in [-0.2, 0) is 16.0 Å². The first-order valence-corrected chi connectivity index (χ1v) is 11.6. The van der Waals surface area contributed by atoms with Gasteiger partial charge in [0.05, 0.1) is 12.2 Å². The summed E-state index contributed by atoms with van der Waals surface area (Å²) in [6.07, 6.45) is 2.69. The third-order valence-electron chi connectivity index (χ3n) is 4.93. The Morgan fingerprint density at radius 2 is 1.93 bits per heavy atom. The van der Waals surface area contributed by atoms with E-state index in [0.717, 1.165) is 27.4 Å². The summed E-state index contributed by atoms with van der Waals surface area (Å²) in [6, 6.07) is 0. The number of nitrogens with one attached hydrogen (secondary N) is 1. The number of rotatable bonds is 7. The fraction of sp³-hybridized carbons (Fsp3) is 0.450. The Hall–Kier alpha value is -2.46. The van der Waals surface area contributed by atoms with Crippen molar-refractivity contribution in [2.45, 2.75) is 52.6 Å². The van der Waals surface area contributed by atoms with Crippen molar-refractivity contribution in [3.8, 4) is 0 Å². The van der Waals surface area contributed by atoms with E-state index in [-0.39, 0.29) is 18.9 Å². The molecule has 0 radical (unpaired) electrons. The van der Waals surface area contributed by atoms with Gasteiger partial charge in [-0.15, -0.1) is 16.4 Å². The smallest absolute Gasteiger partial charge is 0.341 e. The summed E-state index contributed by atoms with van der Waals surface area (Å²) in [5.74, 6) is -0.0120. The largest absolute Gasteiger partial charge is 0.462 e. The first-order valence-electron chi connectivity index (χ1n) is 9.60. The van der Waals surface area contributed by atoms with Gasteiger partial charge in [0.15, 0.2) is 0 Å². The molecule has 3 heterocycles. The van der Waals surface area contributed by atoms with Crippen molar-refractivity contribution in [3.63, 3.8) is 0 Å². The van der Waals surface area contributed by atoms with Crippen LogP contribution in [0.1, 0.15) is 51.1 Å². The number of hydrogen-bond donors (Lipinski definition) is 1. The second-order valence-electron chi connectivity index (χ2n) is 6.83.